The maximum Gasteiger partial charge on any atom is 0.278 e. The number of amides is 1. The Morgan fingerprint density at radius 1 is 0.941 bits per heavy atom. The van der Waals surface area contributed by atoms with Crippen molar-refractivity contribution in [2.24, 2.45) is 0 Å². The Bertz CT molecular complexity index is 1570. The molecule has 3 aromatic rings. The third kappa shape index (κ3) is 4.03. The highest BCUT2D eigenvalue weighted by molar-refractivity contribution is 5.94. The largest absolute Gasteiger partial charge is 0.342 e. The van der Waals surface area contributed by atoms with Crippen molar-refractivity contribution in [2.75, 3.05) is 5.32 Å². The summed E-state index contributed by atoms with van der Waals surface area (Å²) in [6.07, 6.45) is 1.53. The van der Waals surface area contributed by atoms with Gasteiger partial charge in [0.15, 0.2) is 0 Å². The number of nitrogens with one attached hydrogen (secondary N) is 1. The number of nitrogens with zero attached hydrogens (tertiary/aromatic N) is 3. The molecule has 2 aliphatic rings. The summed E-state index contributed by atoms with van der Waals surface area (Å²) in [6.45, 7) is -0.316. The van der Waals surface area contributed by atoms with Crippen molar-refractivity contribution in [1.82, 2.24) is 14.3 Å². The fourth-order valence-corrected chi connectivity index (χ4v) is 3.90. The summed E-state index contributed by atoms with van der Waals surface area (Å²) < 4.78 is 44.4. The quantitative estimate of drug-likeness (QED) is 0.421. The molecule has 0 fully saturated rings. The van der Waals surface area contributed by atoms with E-state index in [1.54, 1.807) is 22.8 Å². The van der Waals surface area contributed by atoms with E-state index in [-0.39, 0.29) is 23.5 Å². The van der Waals surface area contributed by atoms with Crippen LogP contribution in [0, 0.1) is 17.5 Å². The summed E-state index contributed by atoms with van der Waals surface area (Å²) in [5, 5.41) is 7.13. The smallest absolute Gasteiger partial charge is 0.278 e. The first kappa shape index (κ1) is 21.4. The van der Waals surface area contributed by atoms with Gasteiger partial charge in [-0.05, 0) is 42.5 Å². The molecule has 0 saturated heterocycles. The minimum absolute atomic E-state index is 0.107. The van der Waals surface area contributed by atoms with Crippen molar-refractivity contribution in [1.29, 1.82) is 0 Å². The number of halogens is 3. The number of hydrogen-bond donors (Lipinski definition) is 1. The molecule has 9 heteroatoms. The molecule has 3 aromatic carbocycles. The highest BCUT2D eigenvalue weighted by Gasteiger charge is 2.22. The second-order valence-corrected chi connectivity index (χ2v) is 7.79. The van der Waals surface area contributed by atoms with Gasteiger partial charge in [0.1, 0.15) is 29.7 Å². The van der Waals surface area contributed by atoms with Crippen LogP contribution in [0.15, 0.2) is 77.7 Å². The van der Waals surface area contributed by atoms with E-state index in [0.717, 1.165) is 10.7 Å². The molecule has 5 rings (SSSR count). The van der Waals surface area contributed by atoms with Crippen molar-refractivity contribution in [2.45, 2.75) is 13.1 Å². The first-order valence-corrected chi connectivity index (χ1v) is 10.4. The molecule has 0 radical (unpaired) electrons. The van der Waals surface area contributed by atoms with Gasteiger partial charge in [-0.2, -0.15) is 5.10 Å². The van der Waals surface area contributed by atoms with Crippen LogP contribution in [0.5, 0.6) is 0 Å². The van der Waals surface area contributed by atoms with Crippen molar-refractivity contribution in [3.05, 3.63) is 106 Å². The number of carbonyl (C=O) groups is 1. The fourth-order valence-electron chi connectivity index (χ4n) is 3.90. The number of hydrogen-bond acceptors (Lipinski definition) is 3. The Morgan fingerprint density at radius 3 is 2.53 bits per heavy atom. The van der Waals surface area contributed by atoms with Gasteiger partial charge in [0, 0.05) is 22.8 Å². The average molecular weight is 462 g/mol. The SMILES string of the molecule is O=C(Cn1nc2c3cc(F)ccc3n(Cc3ccccc3F)cc-2c1=O)Nc1cccc(F)c1. The molecule has 0 bridgehead atoms. The van der Waals surface area contributed by atoms with E-state index in [9.17, 15) is 22.8 Å². The van der Waals surface area contributed by atoms with Gasteiger partial charge in [0.25, 0.3) is 5.56 Å². The monoisotopic (exact) mass is 462 g/mol. The predicted octanol–water partition coefficient (Wildman–Crippen LogP) is 4.41. The third-order valence-electron chi connectivity index (χ3n) is 5.45. The third-order valence-corrected chi connectivity index (χ3v) is 5.45. The lowest BCUT2D eigenvalue weighted by molar-refractivity contribution is -0.116. The van der Waals surface area contributed by atoms with E-state index in [0.29, 0.717) is 16.5 Å². The van der Waals surface area contributed by atoms with Gasteiger partial charge in [0.2, 0.25) is 5.91 Å². The van der Waals surface area contributed by atoms with Gasteiger partial charge in [-0.3, -0.25) is 9.59 Å². The van der Waals surface area contributed by atoms with Crippen molar-refractivity contribution in [3.63, 3.8) is 0 Å². The number of carbonyl (C=O) groups excluding carboxylic acids is 1. The van der Waals surface area contributed by atoms with Crippen LogP contribution in [0.25, 0.3) is 22.2 Å². The zero-order valence-electron chi connectivity index (χ0n) is 17.6. The van der Waals surface area contributed by atoms with E-state index in [2.05, 4.69) is 10.4 Å². The van der Waals surface area contributed by atoms with E-state index < -0.39 is 35.5 Å². The number of rotatable bonds is 5. The second kappa shape index (κ2) is 8.51. The molecule has 1 N–H and O–H groups in total. The summed E-state index contributed by atoms with van der Waals surface area (Å²) >= 11 is 0. The van der Waals surface area contributed by atoms with E-state index in [4.69, 9.17) is 0 Å². The normalized spacial score (nSPS) is 11.3. The molecule has 1 amide bonds. The number of aromatic nitrogens is 3. The van der Waals surface area contributed by atoms with E-state index >= 15 is 0 Å². The minimum Gasteiger partial charge on any atom is -0.342 e. The molecule has 2 aliphatic heterocycles. The van der Waals surface area contributed by atoms with Crippen molar-refractivity contribution >= 4 is 22.5 Å². The molecule has 0 aliphatic carbocycles. The van der Waals surface area contributed by atoms with Crippen LogP contribution in [0.1, 0.15) is 5.56 Å². The van der Waals surface area contributed by atoms with Gasteiger partial charge in [-0.25, -0.2) is 17.9 Å². The molecule has 0 spiro atoms. The van der Waals surface area contributed by atoms with Crippen LogP contribution in [-0.4, -0.2) is 20.3 Å². The van der Waals surface area contributed by atoms with Crippen molar-refractivity contribution < 1.29 is 18.0 Å². The molecule has 6 nitrogen and oxygen atoms in total. The van der Waals surface area contributed by atoms with Crippen LogP contribution in [0.3, 0.4) is 0 Å². The molecule has 0 atom stereocenters. The Morgan fingerprint density at radius 2 is 1.74 bits per heavy atom. The molecule has 170 valence electrons. The Labute approximate surface area is 191 Å². The minimum atomic E-state index is -0.578. The van der Waals surface area contributed by atoms with Crippen LogP contribution >= 0.6 is 0 Å². The zero-order chi connectivity index (χ0) is 23.8. The fraction of sp³-hybridized carbons (Fsp3) is 0.0800. The van der Waals surface area contributed by atoms with Crippen molar-refractivity contribution in [3.8, 4) is 11.3 Å². The van der Waals surface area contributed by atoms with Crippen LogP contribution in [-0.2, 0) is 17.9 Å². The first-order chi connectivity index (χ1) is 16.4. The molecular formula is C25H17F3N4O2. The Kier molecular flexibility index (Phi) is 5.37. The maximum absolute atomic E-state index is 14.3. The molecule has 34 heavy (non-hydrogen) atoms. The molecule has 0 saturated carbocycles. The lowest BCUT2D eigenvalue weighted by atomic mass is 10.1. The maximum atomic E-state index is 14.3. The summed E-state index contributed by atoms with van der Waals surface area (Å²) in [6, 6.07) is 15.6. The molecular weight excluding hydrogens is 445 g/mol. The van der Waals surface area contributed by atoms with Crippen LogP contribution in [0.4, 0.5) is 18.9 Å². The second-order valence-electron chi connectivity index (χ2n) is 7.79. The lowest BCUT2D eigenvalue weighted by Crippen LogP contribution is -2.26. The van der Waals surface area contributed by atoms with Gasteiger partial charge in [-0.1, -0.05) is 24.3 Å². The highest BCUT2D eigenvalue weighted by Crippen LogP contribution is 2.29. The average Bonchev–Trinajstić information content (AvgIpc) is 3.10. The van der Waals surface area contributed by atoms with E-state index in [1.165, 1.54) is 48.7 Å². The zero-order valence-corrected chi connectivity index (χ0v) is 17.6. The lowest BCUT2D eigenvalue weighted by Gasteiger charge is -2.14. The van der Waals surface area contributed by atoms with Crippen LogP contribution in [0.2, 0.25) is 0 Å². The standard InChI is InChI=1S/C25H17F3N4O2/c26-16-5-3-6-18(10-16)29-23(33)14-32-25(34)20-13-31(12-15-4-1-2-7-21(15)28)22-9-8-17(27)11-19(22)24(20)30-32/h1-11,13H,12,14H2,(H,29,33). The Balaban J connectivity index is 1.56. The molecule has 2 heterocycles. The Hall–Kier alpha value is -4.40. The highest BCUT2D eigenvalue weighted by atomic mass is 19.1. The summed E-state index contributed by atoms with van der Waals surface area (Å²) in [5.74, 6) is -2.02. The first-order valence-electron chi connectivity index (χ1n) is 10.4. The van der Waals surface area contributed by atoms with Gasteiger partial charge < -0.3 is 9.88 Å². The van der Waals surface area contributed by atoms with Crippen LogP contribution < -0.4 is 10.9 Å². The van der Waals surface area contributed by atoms with Gasteiger partial charge in [0.05, 0.1) is 17.6 Å². The summed E-state index contributed by atoms with van der Waals surface area (Å²) in [4.78, 5) is 25.5. The number of anilines is 1. The summed E-state index contributed by atoms with van der Waals surface area (Å²) in [5.41, 5.74) is 1.01. The van der Waals surface area contributed by atoms with Gasteiger partial charge >= 0.3 is 0 Å². The number of fused-ring (bicyclic) bond motifs is 3. The predicted molar refractivity (Wildman–Crippen MR) is 121 cm³/mol. The van der Waals surface area contributed by atoms with Gasteiger partial charge in [-0.15, -0.1) is 0 Å². The number of pyridine rings is 1. The molecule has 0 unspecified atom stereocenters. The van der Waals surface area contributed by atoms with E-state index in [1.807, 2.05) is 0 Å². The molecule has 0 aromatic heterocycles. The topological polar surface area (TPSA) is 68.9 Å². The number of benzene rings is 3. The summed E-state index contributed by atoms with van der Waals surface area (Å²) in [7, 11) is 0.